The summed E-state index contributed by atoms with van der Waals surface area (Å²) in [6.07, 6.45) is 3.21. The average Bonchev–Trinajstić information content (AvgIpc) is 4.01. The summed E-state index contributed by atoms with van der Waals surface area (Å²) in [7, 11) is 0. The Balaban J connectivity index is 1.06. The maximum absolute atomic E-state index is 12.5. The van der Waals surface area contributed by atoms with Crippen molar-refractivity contribution in [3.8, 4) is 16.9 Å². The largest absolute Gasteiger partial charge is 0.490 e. The lowest BCUT2D eigenvalue weighted by molar-refractivity contribution is -0.275. The highest BCUT2D eigenvalue weighted by molar-refractivity contribution is 6.31. The van der Waals surface area contributed by atoms with Crippen molar-refractivity contribution in [3.63, 3.8) is 0 Å². The number of benzene rings is 2. The molecule has 244 valence electrons. The van der Waals surface area contributed by atoms with Crippen molar-refractivity contribution >= 4 is 23.1 Å². The third-order valence-corrected chi connectivity index (χ3v) is 9.74. The zero-order chi connectivity index (χ0) is 32.4. The molecule has 0 bridgehead atoms. The molecule has 0 radical (unpaired) electrons. The van der Waals surface area contributed by atoms with Crippen molar-refractivity contribution in [3.05, 3.63) is 89.2 Å². The number of rotatable bonds is 13. The first-order chi connectivity index (χ1) is 22.2. The molecule has 10 heteroatoms. The van der Waals surface area contributed by atoms with Gasteiger partial charge in [0.15, 0.2) is 12.4 Å². The van der Waals surface area contributed by atoms with E-state index in [-0.39, 0.29) is 12.0 Å². The van der Waals surface area contributed by atoms with Gasteiger partial charge in [-0.2, -0.15) is 0 Å². The van der Waals surface area contributed by atoms with Crippen molar-refractivity contribution < 1.29 is 34.7 Å². The molecule has 2 aliphatic carbocycles. The molecular weight excluding hydrogens is 608 g/mol. The van der Waals surface area contributed by atoms with Gasteiger partial charge in [0.05, 0.1) is 6.10 Å². The molecule has 5 atom stereocenters. The number of pyridine rings is 1. The Bertz CT molecular complexity index is 1570. The number of ether oxygens (including phenoxy) is 2. The molecule has 6 rings (SSSR count). The molecule has 3 fully saturated rings. The lowest BCUT2D eigenvalue weighted by Crippen LogP contribution is -2.61. The zero-order valence-corrected chi connectivity index (χ0v) is 26.4. The summed E-state index contributed by atoms with van der Waals surface area (Å²) >= 11 is 6.69. The molecule has 2 heterocycles. The molecule has 1 aromatic heterocycles. The molecule has 1 saturated heterocycles. The molecule has 5 N–H and O–H groups in total. The molecular formula is C36H41ClN2O7. The number of amides is 1. The average molecular weight is 649 g/mol. The van der Waals surface area contributed by atoms with Crippen LogP contribution in [0.4, 0.5) is 0 Å². The number of hydrogen-bond donors (Lipinski definition) is 5. The molecule has 0 spiro atoms. The Morgan fingerprint density at radius 2 is 1.83 bits per heavy atom. The monoisotopic (exact) mass is 648 g/mol. The van der Waals surface area contributed by atoms with Crippen LogP contribution in [0, 0.1) is 0 Å². The summed E-state index contributed by atoms with van der Waals surface area (Å²) in [5, 5.41) is 42.6. The predicted molar refractivity (Wildman–Crippen MR) is 174 cm³/mol. The fourth-order valence-corrected chi connectivity index (χ4v) is 6.42. The topological polar surface area (TPSA) is 141 Å². The quantitative estimate of drug-likeness (QED) is 0.173. The summed E-state index contributed by atoms with van der Waals surface area (Å²) in [5.41, 5.74) is 6.52. The number of carbonyl (C=O) groups excluding carboxylic acids is 1. The summed E-state index contributed by atoms with van der Waals surface area (Å²) in [6.45, 7) is 4.52. The summed E-state index contributed by atoms with van der Waals surface area (Å²) in [6, 6.07) is 16.3. The molecule has 3 aliphatic rings. The van der Waals surface area contributed by atoms with E-state index < -0.39 is 36.6 Å². The Kier molecular flexibility index (Phi) is 9.80. The van der Waals surface area contributed by atoms with E-state index in [4.69, 9.17) is 21.1 Å². The highest BCUT2D eigenvalue weighted by atomic mass is 35.5. The van der Waals surface area contributed by atoms with E-state index in [0.29, 0.717) is 18.9 Å². The van der Waals surface area contributed by atoms with Crippen molar-refractivity contribution in [2.75, 3.05) is 6.54 Å². The third kappa shape index (κ3) is 7.15. The van der Waals surface area contributed by atoms with E-state index in [1.165, 1.54) is 11.1 Å². The number of nitrogens with zero attached hydrogens (tertiary/aromatic N) is 1. The van der Waals surface area contributed by atoms with Crippen LogP contribution in [-0.2, 0) is 21.4 Å². The number of aliphatic hydroxyl groups excluding tert-OH is 4. The van der Waals surface area contributed by atoms with Gasteiger partial charge in [0.25, 0.3) is 5.91 Å². The minimum Gasteiger partial charge on any atom is -0.490 e. The summed E-state index contributed by atoms with van der Waals surface area (Å²) in [4.78, 5) is 17.0. The molecule has 3 aromatic rings. The maximum atomic E-state index is 12.5. The lowest BCUT2D eigenvalue weighted by Gasteiger charge is -2.37. The summed E-state index contributed by atoms with van der Waals surface area (Å²) in [5.74, 6) is 0.251. The smallest absolute Gasteiger partial charge is 0.252 e. The van der Waals surface area contributed by atoms with Crippen LogP contribution in [0.2, 0.25) is 5.02 Å². The first kappa shape index (κ1) is 32.6. The standard InChI is InChI=1S/C36H41ClN2O7/c1-21(5-4-17-39-34(43)33-31(41)30(40)32(42)35(44)46-33)22-8-11-28(37)23(19-22)12-14-36(15-16-36)27-20-38-18-13-25(27)26-6-2-3-7-29(26)45-24-9-10-24/h2-3,6-8,11,13,18-20,24,30-33,35,40-42,44H,1,4-5,9-10,12,14-17H2,(H,39,43)/t30-,31-,32+,33-,35?/m0/s1. The fraction of sp³-hybridized carbons (Fsp3) is 0.444. The number of aliphatic hydroxyl groups is 4. The maximum Gasteiger partial charge on any atom is 0.252 e. The number of aryl methyl sites for hydroxylation is 1. The van der Waals surface area contributed by atoms with Gasteiger partial charge in [-0.3, -0.25) is 9.78 Å². The molecule has 1 amide bonds. The van der Waals surface area contributed by atoms with Crippen LogP contribution in [-0.4, -0.2) is 74.7 Å². The van der Waals surface area contributed by atoms with E-state index >= 15 is 0 Å². The minimum absolute atomic E-state index is 0.0324. The number of allylic oxidation sites excluding steroid dienone is 1. The van der Waals surface area contributed by atoms with Crippen LogP contribution in [0.25, 0.3) is 16.7 Å². The first-order valence-corrected chi connectivity index (χ1v) is 16.4. The normalized spacial score (nSPS) is 25.1. The van der Waals surface area contributed by atoms with Gasteiger partial charge in [-0.1, -0.05) is 48.5 Å². The number of halogens is 1. The second-order valence-electron chi connectivity index (χ2n) is 12.7. The fourth-order valence-electron chi connectivity index (χ4n) is 6.21. The number of aromatic nitrogens is 1. The Hall–Kier alpha value is -3.31. The third-order valence-electron chi connectivity index (χ3n) is 9.37. The number of hydrogen-bond acceptors (Lipinski definition) is 8. The van der Waals surface area contributed by atoms with Crippen LogP contribution in [0.5, 0.6) is 5.75 Å². The highest BCUT2D eigenvalue weighted by Gasteiger charge is 2.47. The molecule has 46 heavy (non-hydrogen) atoms. The minimum atomic E-state index is -1.77. The van der Waals surface area contributed by atoms with Gasteiger partial charge in [0.2, 0.25) is 0 Å². The van der Waals surface area contributed by atoms with Crippen LogP contribution in [0.15, 0.2) is 67.5 Å². The van der Waals surface area contributed by atoms with Gasteiger partial charge >= 0.3 is 0 Å². The van der Waals surface area contributed by atoms with Crippen molar-refractivity contribution in [2.45, 2.75) is 93.6 Å². The molecule has 1 unspecified atom stereocenters. The SMILES string of the molecule is C=C(CCCNC(=O)[C@H]1OC(O)[C@H](O)[C@@H](O)[C@@H]1O)c1ccc(Cl)c(CCC2(c3cnccc3-c3ccccc3OC3CC3)CC2)c1. The van der Waals surface area contributed by atoms with E-state index in [1.807, 2.05) is 30.6 Å². The molecule has 2 aromatic carbocycles. The highest BCUT2D eigenvalue weighted by Crippen LogP contribution is 2.55. The molecule has 2 saturated carbocycles. The van der Waals surface area contributed by atoms with Crippen LogP contribution in [0.1, 0.15) is 61.6 Å². The van der Waals surface area contributed by atoms with Gasteiger partial charge in [-0.15, -0.1) is 0 Å². The van der Waals surface area contributed by atoms with Crippen molar-refractivity contribution in [1.29, 1.82) is 0 Å². The van der Waals surface area contributed by atoms with Crippen LogP contribution < -0.4 is 10.1 Å². The second kappa shape index (κ2) is 13.8. The Labute approximate surface area is 273 Å². The van der Waals surface area contributed by atoms with Crippen molar-refractivity contribution in [2.24, 2.45) is 0 Å². The second-order valence-corrected chi connectivity index (χ2v) is 13.1. The van der Waals surface area contributed by atoms with Gasteiger partial charge in [0.1, 0.15) is 24.1 Å². The van der Waals surface area contributed by atoms with E-state index in [1.54, 1.807) is 0 Å². The van der Waals surface area contributed by atoms with Crippen LogP contribution in [0.3, 0.4) is 0 Å². The van der Waals surface area contributed by atoms with Crippen LogP contribution >= 0.6 is 11.6 Å². The van der Waals surface area contributed by atoms with E-state index in [9.17, 15) is 25.2 Å². The Morgan fingerprint density at radius 3 is 2.59 bits per heavy atom. The molecule has 1 aliphatic heterocycles. The van der Waals surface area contributed by atoms with Gasteiger partial charge in [0, 0.05) is 29.5 Å². The number of para-hydroxylation sites is 1. The summed E-state index contributed by atoms with van der Waals surface area (Å²) < 4.78 is 11.2. The van der Waals surface area contributed by atoms with Crippen molar-refractivity contribution in [1.82, 2.24) is 10.3 Å². The zero-order valence-electron chi connectivity index (χ0n) is 25.6. The van der Waals surface area contributed by atoms with Gasteiger partial charge in [-0.25, -0.2) is 0 Å². The first-order valence-electron chi connectivity index (χ1n) is 16.0. The number of carbonyl (C=O) groups is 1. The molecule has 9 nitrogen and oxygen atoms in total. The van der Waals surface area contributed by atoms with E-state index in [0.717, 1.165) is 71.6 Å². The number of nitrogens with one attached hydrogen (secondary N) is 1. The van der Waals surface area contributed by atoms with Gasteiger partial charge < -0.3 is 35.2 Å². The van der Waals surface area contributed by atoms with Gasteiger partial charge in [-0.05, 0) is 103 Å². The lowest BCUT2D eigenvalue weighted by atomic mass is 9.85. The Morgan fingerprint density at radius 1 is 1.04 bits per heavy atom. The van der Waals surface area contributed by atoms with E-state index in [2.05, 4.69) is 47.2 Å². The predicted octanol–water partition coefficient (Wildman–Crippen LogP) is 4.32.